The van der Waals surface area contributed by atoms with Crippen molar-refractivity contribution >= 4 is 28.9 Å². The lowest BCUT2D eigenvalue weighted by atomic mass is 10.1. The first-order valence-electron chi connectivity index (χ1n) is 6.29. The van der Waals surface area contributed by atoms with Gasteiger partial charge in [-0.2, -0.15) is 5.10 Å². The fourth-order valence-corrected chi connectivity index (χ4v) is 2.13. The first-order valence-corrected chi connectivity index (χ1v) is 7.05. The lowest BCUT2D eigenvalue weighted by Gasteiger charge is -2.09. The van der Waals surface area contributed by atoms with Crippen LogP contribution in [0.15, 0.2) is 35.3 Å². The Morgan fingerprint density at radius 3 is 2.67 bits per heavy atom. The van der Waals surface area contributed by atoms with Crippen molar-refractivity contribution in [2.24, 2.45) is 0 Å². The van der Waals surface area contributed by atoms with Crippen LogP contribution < -0.4 is 10.9 Å². The highest BCUT2D eigenvalue weighted by molar-refractivity contribution is 6.33. The van der Waals surface area contributed by atoms with E-state index in [2.05, 4.69) is 16.3 Å². The van der Waals surface area contributed by atoms with Gasteiger partial charge in [0.2, 0.25) is 0 Å². The number of anilines is 1. The summed E-state index contributed by atoms with van der Waals surface area (Å²) in [6, 6.07) is 7.54. The fraction of sp³-hybridized carbons (Fsp3) is 0.200. The lowest BCUT2D eigenvalue weighted by molar-refractivity contribution is 0.664. The molecule has 0 saturated heterocycles. The molecule has 1 aromatic carbocycles. The summed E-state index contributed by atoms with van der Waals surface area (Å²) in [6.07, 6.45) is 7.34. The number of aromatic nitrogens is 2. The van der Waals surface area contributed by atoms with E-state index in [0.717, 1.165) is 12.0 Å². The van der Waals surface area contributed by atoms with Gasteiger partial charge in [-0.25, -0.2) is 4.68 Å². The molecule has 0 aliphatic carbocycles. The normalized spacial score (nSPS) is 10.1. The summed E-state index contributed by atoms with van der Waals surface area (Å²) in [5.41, 5.74) is 1.11. The van der Waals surface area contributed by atoms with E-state index >= 15 is 0 Å². The van der Waals surface area contributed by atoms with Crippen molar-refractivity contribution in [2.45, 2.75) is 13.0 Å². The Kier molecular flexibility index (Phi) is 5.26. The highest BCUT2D eigenvalue weighted by Crippen LogP contribution is 2.15. The standard InChI is InChI=1S/C15H13Cl2N3O/c1-2-9-20-15(21)14(13(17)10-19-20)18-8-7-11-3-5-12(16)6-4-11/h1,3-6,10,18H,7-9H2. The molecule has 1 heterocycles. The average molecular weight is 322 g/mol. The minimum atomic E-state index is -0.323. The highest BCUT2D eigenvalue weighted by atomic mass is 35.5. The van der Waals surface area contributed by atoms with E-state index in [9.17, 15) is 4.79 Å². The van der Waals surface area contributed by atoms with Crippen LogP contribution in [0.25, 0.3) is 0 Å². The Hall–Kier alpha value is -1.96. The highest BCUT2D eigenvalue weighted by Gasteiger charge is 2.08. The summed E-state index contributed by atoms with van der Waals surface area (Å²) in [4.78, 5) is 12.1. The number of nitrogens with zero attached hydrogens (tertiary/aromatic N) is 2. The third kappa shape index (κ3) is 4.01. The maximum Gasteiger partial charge on any atom is 0.292 e. The zero-order valence-electron chi connectivity index (χ0n) is 11.1. The number of hydrogen-bond donors (Lipinski definition) is 1. The molecule has 0 aliphatic heterocycles. The zero-order valence-corrected chi connectivity index (χ0v) is 12.7. The third-order valence-electron chi connectivity index (χ3n) is 2.87. The molecule has 0 amide bonds. The monoisotopic (exact) mass is 321 g/mol. The summed E-state index contributed by atoms with van der Waals surface area (Å²) >= 11 is 11.8. The minimum absolute atomic E-state index is 0.113. The van der Waals surface area contributed by atoms with Gasteiger partial charge in [0, 0.05) is 11.6 Å². The summed E-state index contributed by atoms with van der Waals surface area (Å²) in [7, 11) is 0. The van der Waals surface area contributed by atoms with Crippen LogP contribution >= 0.6 is 23.2 Å². The van der Waals surface area contributed by atoms with Gasteiger partial charge in [0.05, 0.1) is 11.2 Å². The Bertz CT molecular complexity index is 717. The van der Waals surface area contributed by atoms with Gasteiger partial charge in [-0.3, -0.25) is 4.79 Å². The van der Waals surface area contributed by atoms with E-state index in [1.54, 1.807) is 0 Å². The second-order valence-corrected chi connectivity index (χ2v) is 5.18. The van der Waals surface area contributed by atoms with Crippen molar-refractivity contribution in [2.75, 3.05) is 11.9 Å². The van der Waals surface area contributed by atoms with Crippen LogP contribution in [-0.2, 0) is 13.0 Å². The molecule has 0 radical (unpaired) electrons. The SMILES string of the molecule is C#CCn1ncc(Cl)c(NCCc2ccc(Cl)cc2)c1=O. The van der Waals surface area contributed by atoms with Crippen molar-refractivity contribution in [1.29, 1.82) is 0 Å². The summed E-state index contributed by atoms with van der Waals surface area (Å²) in [6.45, 7) is 0.679. The topological polar surface area (TPSA) is 46.9 Å². The van der Waals surface area contributed by atoms with E-state index in [0.29, 0.717) is 17.3 Å². The van der Waals surface area contributed by atoms with Crippen molar-refractivity contribution in [3.05, 3.63) is 56.4 Å². The Morgan fingerprint density at radius 2 is 2.00 bits per heavy atom. The van der Waals surface area contributed by atoms with Crippen LogP contribution in [0.1, 0.15) is 5.56 Å². The largest absolute Gasteiger partial charge is 0.379 e. The van der Waals surface area contributed by atoms with Gasteiger partial charge in [0.15, 0.2) is 0 Å². The van der Waals surface area contributed by atoms with Gasteiger partial charge in [-0.05, 0) is 24.1 Å². The molecule has 0 atom stereocenters. The zero-order chi connectivity index (χ0) is 15.2. The third-order valence-corrected chi connectivity index (χ3v) is 3.41. The molecule has 0 spiro atoms. The first kappa shape index (κ1) is 15.4. The Labute approximate surface area is 132 Å². The summed E-state index contributed by atoms with van der Waals surface area (Å²) in [5.74, 6) is 2.38. The van der Waals surface area contributed by atoms with E-state index in [4.69, 9.17) is 29.6 Å². The number of hydrogen-bond acceptors (Lipinski definition) is 3. The van der Waals surface area contributed by atoms with E-state index < -0.39 is 0 Å². The molecule has 0 fully saturated rings. The maximum atomic E-state index is 12.1. The molecule has 2 rings (SSSR count). The van der Waals surface area contributed by atoms with E-state index in [-0.39, 0.29) is 17.1 Å². The first-order chi connectivity index (χ1) is 10.1. The predicted molar refractivity (Wildman–Crippen MR) is 86.0 cm³/mol. The molecule has 0 bridgehead atoms. The molecule has 1 aromatic heterocycles. The van der Waals surface area contributed by atoms with Gasteiger partial charge in [-0.1, -0.05) is 41.3 Å². The quantitative estimate of drug-likeness (QED) is 0.861. The molecule has 0 aliphatic rings. The van der Waals surface area contributed by atoms with Crippen LogP contribution in [0.2, 0.25) is 10.0 Å². The molecule has 0 saturated carbocycles. The van der Waals surface area contributed by atoms with Crippen LogP contribution in [0, 0.1) is 12.3 Å². The van der Waals surface area contributed by atoms with Gasteiger partial charge >= 0.3 is 0 Å². The molecule has 108 valence electrons. The molecule has 2 aromatic rings. The van der Waals surface area contributed by atoms with Crippen molar-refractivity contribution in [3.8, 4) is 12.3 Å². The predicted octanol–water partition coefficient (Wildman–Crippen LogP) is 2.84. The van der Waals surface area contributed by atoms with Gasteiger partial charge in [0.25, 0.3) is 5.56 Å². The average Bonchev–Trinajstić information content (AvgIpc) is 2.48. The fourth-order valence-electron chi connectivity index (χ4n) is 1.81. The molecule has 4 nitrogen and oxygen atoms in total. The number of rotatable bonds is 5. The smallest absolute Gasteiger partial charge is 0.292 e. The summed E-state index contributed by atoms with van der Waals surface area (Å²) in [5, 5.41) is 7.89. The Balaban J connectivity index is 2.06. The molecule has 1 N–H and O–H groups in total. The number of halogens is 2. The van der Waals surface area contributed by atoms with Crippen molar-refractivity contribution < 1.29 is 0 Å². The van der Waals surface area contributed by atoms with Gasteiger partial charge < -0.3 is 5.32 Å². The molecular formula is C15H13Cl2N3O. The second-order valence-electron chi connectivity index (χ2n) is 4.34. The minimum Gasteiger partial charge on any atom is -0.379 e. The lowest BCUT2D eigenvalue weighted by Crippen LogP contribution is -2.26. The van der Waals surface area contributed by atoms with Crippen LogP contribution in [-0.4, -0.2) is 16.3 Å². The van der Waals surface area contributed by atoms with Gasteiger partial charge in [-0.15, -0.1) is 6.42 Å². The van der Waals surface area contributed by atoms with Crippen LogP contribution in [0.5, 0.6) is 0 Å². The van der Waals surface area contributed by atoms with Crippen LogP contribution in [0.4, 0.5) is 5.69 Å². The number of benzene rings is 1. The molecular weight excluding hydrogens is 309 g/mol. The van der Waals surface area contributed by atoms with E-state index in [1.165, 1.54) is 10.9 Å². The van der Waals surface area contributed by atoms with Crippen molar-refractivity contribution in [1.82, 2.24) is 9.78 Å². The molecule has 21 heavy (non-hydrogen) atoms. The maximum absolute atomic E-state index is 12.1. The van der Waals surface area contributed by atoms with Gasteiger partial charge in [0.1, 0.15) is 12.2 Å². The second kappa shape index (κ2) is 7.16. The Morgan fingerprint density at radius 1 is 1.29 bits per heavy atom. The van der Waals surface area contributed by atoms with E-state index in [1.807, 2.05) is 24.3 Å². The number of terminal acetylenes is 1. The summed E-state index contributed by atoms with van der Waals surface area (Å²) < 4.78 is 1.19. The number of nitrogens with one attached hydrogen (secondary N) is 1. The molecule has 0 unspecified atom stereocenters. The van der Waals surface area contributed by atoms with Crippen molar-refractivity contribution in [3.63, 3.8) is 0 Å². The van der Waals surface area contributed by atoms with Crippen LogP contribution in [0.3, 0.4) is 0 Å². The molecule has 6 heteroatoms.